The van der Waals surface area contributed by atoms with Crippen LogP contribution < -0.4 is 0 Å². The van der Waals surface area contributed by atoms with Crippen molar-refractivity contribution in [1.82, 2.24) is 0 Å². The Morgan fingerprint density at radius 2 is 0.474 bits per heavy atom. The van der Waals surface area contributed by atoms with E-state index >= 15 is 0 Å². The van der Waals surface area contributed by atoms with E-state index in [0.29, 0.717) is 0 Å². The Hall–Kier alpha value is 0.992. The molecule has 0 radical (unpaired) electrons. The Labute approximate surface area is 145 Å². The molecule has 19 heavy (non-hydrogen) atoms. The van der Waals surface area contributed by atoms with Crippen LogP contribution in [0.2, 0.25) is 0 Å². The maximum absolute atomic E-state index is 8.74. The van der Waals surface area contributed by atoms with Crippen molar-refractivity contribution in [2.75, 3.05) is 0 Å². The molecule has 0 spiro atoms. The quantitative estimate of drug-likeness (QED) is 0.232. The van der Waals surface area contributed by atoms with Crippen LogP contribution in [0.5, 0.6) is 0 Å². The first-order chi connectivity index (χ1) is 4.00. The molecule has 0 atom stereocenters. The summed E-state index contributed by atoms with van der Waals surface area (Å²) in [4.78, 5) is 0. The van der Waals surface area contributed by atoms with Crippen molar-refractivity contribution in [3.05, 3.63) is 0 Å². The van der Waals surface area contributed by atoms with Gasteiger partial charge in [0.25, 0.3) is 0 Å². The van der Waals surface area contributed by atoms with E-state index in [1.54, 1.807) is 0 Å². The van der Waals surface area contributed by atoms with Crippen LogP contribution in [-0.4, -0.2) is 119 Å². The summed E-state index contributed by atoms with van der Waals surface area (Å²) in [7, 11) is -9.33. The van der Waals surface area contributed by atoms with Gasteiger partial charge >= 0.3 is 66.9 Å². The minimum Gasteiger partial charge on any atom is -1.00 e. The molecule has 0 aliphatic rings. The molecule has 0 bridgehead atoms. The predicted octanol–water partition coefficient (Wildman–Crippen LogP) is -7.39. The third-order valence-corrected chi connectivity index (χ3v) is 0. The molecule has 19 heteroatoms. The minimum atomic E-state index is -4.67. The van der Waals surface area contributed by atoms with E-state index in [-0.39, 0.29) is 90.1 Å². The second-order valence-electron chi connectivity index (χ2n) is 0.896. The molecule has 0 aromatic rings. The molecule has 0 heterocycles. The van der Waals surface area contributed by atoms with Crippen LogP contribution in [0.15, 0.2) is 0 Å². The van der Waals surface area contributed by atoms with Gasteiger partial charge in [0.05, 0.1) is 0 Å². The summed E-state index contributed by atoms with van der Waals surface area (Å²) < 4.78 is 63.2. The molecule has 0 saturated carbocycles. The molecule has 0 aliphatic heterocycles. The van der Waals surface area contributed by atoms with Crippen LogP contribution in [0.4, 0.5) is 0 Å². The summed E-state index contributed by atoms with van der Waals surface area (Å²) in [5.74, 6) is 0. The fourth-order valence-corrected chi connectivity index (χ4v) is 0. The van der Waals surface area contributed by atoms with Crippen molar-refractivity contribution < 1.29 is 79.1 Å². The first-order valence-electron chi connectivity index (χ1n) is 1.40. The van der Waals surface area contributed by atoms with Gasteiger partial charge in [-0.2, -0.15) is 16.8 Å². The van der Waals surface area contributed by atoms with Crippen LogP contribution in [-0.2, 0) is 20.8 Å². The molecule has 0 aliphatic carbocycles. The summed E-state index contributed by atoms with van der Waals surface area (Å²) in [6, 6.07) is 0. The summed E-state index contributed by atoms with van der Waals surface area (Å²) in [6.45, 7) is 0. The van der Waals surface area contributed by atoms with Crippen molar-refractivity contribution in [3.8, 4) is 0 Å². The van der Waals surface area contributed by atoms with E-state index in [0.717, 1.165) is 0 Å². The predicted molar refractivity (Wildman–Crippen MR) is 69.6 cm³/mol. The molecule has 0 fully saturated rings. The van der Waals surface area contributed by atoms with Crippen LogP contribution in [0.3, 0.4) is 0 Å². The second kappa shape index (κ2) is 36.4. The average Bonchev–Trinajstić information content (AvgIpc) is 1.12. The first-order valence-corrected chi connectivity index (χ1v) is 4.19. The molecule has 0 aromatic heterocycles. The number of hydrogen-bond acceptors (Lipinski definition) is 4. The standard InChI is InChI=1S/2Mg.2H2O4S.7H2O.4H/c;;2*1-5(2,3)4;;;;;;;;;;;/h;;2*(H2,1,2,3,4);7*1H2;;;;/q2*+2;;;;;;;;;;4*-1. The SMILES string of the molecule is O.O.O.O.O.O.O.O=S(=O)(O)O.O=S(=O)(O)O.[H-].[H-].[H-].[H-].[Mg+2].[Mg+2]. The van der Waals surface area contributed by atoms with Gasteiger partial charge in [0, 0.05) is 0 Å². The van der Waals surface area contributed by atoms with Gasteiger partial charge < -0.3 is 44.0 Å². The van der Waals surface area contributed by atoms with Gasteiger partial charge in [0.15, 0.2) is 0 Å². The maximum Gasteiger partial charge on any atom is 2.00 e. The Kier molecular flexibility index (Phi) is 171. The van der Waals surface area contributed by atoms with Gasteiger partial charge in [-0.15, -0.1) is 0 Å². The molecule has 0 unspecified atom stereocenters. The van der Waals surface area contributed by atoms with Crippen molar-refractivity contribution in [1.29, 1.82) is 0 Å². The summed E-state index contributed by atoms with van der Waals surface area (Å²) >= 11 is 0. The van der Waals surface area contributed by atoms with E-state index in [1.807, 2.05) is 0 Å². The topological polar surface area (TPSA) is 370 Å². The Morgan fingerprint density at radius 3 is 0.474 bits per heavy atom. The van der Waals surface area contributed by atoms with Crippen LogP contribution in [0.1, 0.15) is 5.71 Å². The smallest absolute Gasteiger partial charge is 1.00 e. The van der Waals surface area contributed by atoms with Gasteiger partial charge in [0.2, 0.25) is 0 Å². The molecule has 0 amide bonds. The average molecular weight is 375 g/mol. The molecule has 128 valence electrons. The van der Waals surface area contributed by atoms with E-state index in [4.69, 9.17) is 35.0 Å². The van der Waals surface area contributed by atoms with Crippen LogP contribution in [0, 0.1) is 0 Å². The molecule has 0 rings (SSSR count). The normalized spacial score (nSPS) is 6.11. The third-order valence-electron chi connectivity index (χ3n) is 0. The van der Waals surface area contributed by atoms with Crippen LogP contribution >= 0.6 is 0 Å². The number of hydrogen-bond donors (Lipinski definition) is 4. The Bertz CT molecular complexity index is 230. The van der Waals surface area contributed by atoms with Crippen LogP contribution in [0.25, 0.3) is 0 Å². The van der Waals surface area contributed by atoms with E-state index in [1.165, 1.54) is 0 Å². The monoisotopic (exact) mass is 374 g/mol. The molecule has 15 nitrogen and oxygen atoms in total. The molecular formula is H22Mg2O15S2. The molecule has 0 aromatic carbocycles. The third kappa shape index (κ3) is 5570. The van der Waals surface area contributed by atoms with Crippen molar-refractivity contribution in [3.63, 3.8) is 0 Å². The second-order valence-corrected chi connectivity index (χ2v) is 2.69. The van der Waals surface area contributed by atoms with Gasteiger partial charge in [-0.05, 0) is 0 Å². The van der Waals surface area contributed by atoms with Gasteiger partial charge in [-0.1, -0.05) is 0 Å². The van der Waals surface area contributed by atoms with E-state index in [9.17, 15) is 0 Å². The Balaban J connectivity index is -0.00000000274. The van der Waals surface area contributed by atoms with Gasteiger partial charge in [-0.3, -0.25) is 18.2 Å². The zero-order chi connectivity index (χ0) is 9.00. The van der Waals surface area contributed by atoms with E-state index < -0.39 is 20.8 Å². The fourth-order valence-electron chi connectivity index (χ4n) is 0. The maximum atomic E-state index is 8.74. The minimum absolute atomic E-state index is 0. The van der Waals surface area contributed by atoms with Crippen molar-refractivity contribution >= 4 is 66.9 Å². The largest absolute Gasteiger partial charge is 2.00 e. The fraction of sp³-hybridized carbons (Fsp3) is 0. The zero-order valence-electron chi connectivity index (χ0n) is 13.2. The van der Waals surface area contributed by atoms with Crippen molar-refractivity contribution in [2.45, 2.75) is 0 Å². The molecule has 0 saturated heterocycles. The summed E-state index contributed by atoms with van der Waals surface area (Å²) in [6.07, 6.45) is 0. The summed E-state index contributed by atoms with van der Waals surface area (Å²) in [5.41, 5.74) is 0. The molecular weight excluding hydrogens is 353 g/mol. The number of rotatable bonds is 0. The van der Waals surface area contributed by atoms with Gasteiger partial charge in [-0.25, -0.2) is 0 Å². The first kappa shape index (κ1) is 89.2. The summed E-state index contributed by atoms with van der Waals surface area (Å²) in [5, 5.41) is 0. The van der Waals surface area contributed by atoms with Gasteiger partial charge in [0.1, 0.15) is 0 Å². The Morgan fingerprint density at radius 1 is 0.474 bits per heavy atom. The van der Waals surface area contributed by atoms with E-state index in [2.05, 4.69) is 0 Å². The van der Waals surface area contributed by atoms with Crippen molar-refractivity contribution in [2.24, 2.45) is 0 Å². The molecule has 18 N–H and O–H groups in total. The zero-order valence-corrected chi connectivity index (χ0v) is 13.6.